The van der Waals surface area contributed by atoms with Crippen LogP contribution in [0.4, 0.5) is 0 Å². The molecule has 0 radical (unpaired) electrons. The molecular weight excluding hydrogens is 354 g/mol. The highest BCUT2D eigenvalue weighted by Crippen LogP contribution is 2.20. The normalized spacial score (nSPS) is 14.5. The van der Waals surface area contributed by atoms with Crippen molar-refractivity contribution in [2.24, 2.45) is 0 Å². The minimum atomic E-state index is -0.174. The van der Waals surface area contributed by atoms with E-state index in [0.717, 1.165) is 42.9 Å². The van der Waals surface area contributed by atoms with Crippen LogP contribution in [-0.2, 0) is 6.42 Å². The zero-order chi connectivity index (χ0) is 17.6. The topological polar surface area (TPSA) is 81.1 Å². The van der Waals surface area contributed by atoms with Crippen LogP contribution in [0.2, 0.25) is 0 Å². The average Bonchev–Trinajstić information content (AvgIpc) is 3.04. The Morgan fingerprint density at radius 3 is 2.81 bits per heavy atom. The summed E-state index contributed by atoms with van der Waals surface area (Å²) in [5.74, 6) is 0.664. The molecule has 8 heteroatoms. The van der Waals surface area contributed by atoms with Gasteiger partial charge in [-0.15, -0.1) is 17.5 Å². The van der Waals surface area contributed by atoms with E-state index in [9.17, 15) is 4.79 Å². The molecule has 0 unspecified atom stereocenters. The van der Waals surface area contributed by atoms with Gasteiger partial charge in [-0.05, 0) is 50.9 Å². The monoisotopic (exact) mass is 379 g/mol. The minimum Gasteiger partial charge on any atom is -0.496 e. The number of carbonyl (C=O) groups is 1. The molecule has 3 rings (SSSR count). The van der Waals surface area contributed by atoms with Gasteiger partial charge in [0, 0.05) is 6.54 Å². The number of rotatable bonds is 6. The molecule has 2 N–H and O–H groups in total. The lowest BCUT2D eigenvalue weighted by Crippen LogP contribution is -2.30. The number of halogens is 1. The fourth-order valence-electron chi connectivity index (χ4n) is 3.25. The summed E-state index contributed by atoms with van der Waals surface area (Å²) in [5, 5.41) is 14.6. The number of hydrogen-bond donors (Lipinski definition) is 2. The van der Waals surface area contributed by atoms with Crippen LogP contribution >= 0.6 is 12.4 Å². The van der Waals surface area contributed by atoms with Crippen molar-refractivity contribution in [2.45, 2.75) is 32.2 Å². The molecule has 0 bridgehead atoms. The molecule has 1 aliphatic heterocycles. The molecule has 0 saturated carbocycles. The number of benzene rings is 1. The van der Waals surface area contributed by atoms with Gasteiger partial charge in [-0.3, -0.25) is 4.79 Å². The Kier molecular flexibility index (Phi) is 7.41. The number of carbonyl (C=O) groups excluding carboxylic acids is 1. The quantitative estimate of drug-likeness (QED) is 0.801. The van der Waals surface area contributed by atoms with Gasteiger partial charge in [-0.1, -0.05) is 23.4 Å². The van der Waals surface area contributed by atoms with E-state index in [0.29, 0.717) is 24.7 Å². The molecule has 1 aromatic carbocycles. The first-order valence-corrected chi connectivity index (χ1v) is 8.73. The van der Waals surface area contributed by atoms with Crippen LogP contribution in [0.5, 0.6) is 5.75 Å². The SMILES string of the molecule is COc1ccccc1CCNC(=O)c1nnn(C2CCNCC2)c1C.Cl. The summed E-state index contributed by atoms with van der Waals surface area (Å²) in [6.07, 6.45) is 2.73. The van der Waals surface area contributed by atoms with Gasteiger partial charge in [0.2, 0.25) is 0 Å². The van der Waals surface area contributed by atoms with Crippen LogP contribution in [0.25, 0.3) is 0 Å². The smallest absolute Gasteiger partial charge is 0.273 e. The van der Waals surface area contributed by atoms with Gasteiger partial charge < -0.3 is 15.4 Å². The molecule has 1 aliphatic rings. The molecule has 142 valence electrons. The number of ether oxygens (including phenoxy) is 1. The average molecular weight is 380 g/mol. The third kappa shape index (κ3) is 4.53. The van der Waals surface area contributed by atoms with E-state index in [-0.39, 0.29) is 18.3 Å². The third-order valence-corrected chi connectivity index (χ3v) is 4.67. The van der Waals surface area contributed by atoms with Crippen LogP contribution in [-0.4, -0.2) is 47.6 Å². The van der Waals surface area contributed by atoms with Crippen molar-refractivity contribution in [3.63, 3.8) is 0 Å². The highest BCUT2D eigenvalue weighted by molar-refractivity contribution is 5.93. The molecule has 0 atom stereocenters. The first-order chi connectivity index (χ1) is 12.2. The molecule has 1 aromatic heterocycles. The number of aromatic nitrogens is 3. The van der Waals surface area contributed by atoms with E-state index in [2.05, 4.69) is 20.9 Å². The minimum absolute atomic E-state index is 0. The Morgan fingerprint density at radius 2 is 2.08 bits per heavy atom. The largest absolute Gasteiger partial charge is 0.496 e. The first-order valence-electron chi connectivity index (χ1n) is 8.73. The van der Waals surface area contributed by atoms with Gasteiger partial charge in [0.25, 0.3) is 5.91 Å². The summed E-state index contributed by atoms with van der Waals surface area (Å²) in [6.45, 7) is 4.39. The Balaban J connectivity index is 0.00000243. The molecular formula is C18H26ClN5O2. The van der Waals surface area contributed by atoms with Crippen molar-refractivity contribution in [3.8, 4) is 5.75 Å². The van der Waals surface area contributed by atoms with E-state index in [1.807, 2.05) is 35.9 Å². The Bertz CT molecular complexity index is 728. The van der Waals surface area contributed by atoms with Gasteiger partial charge >= 0.3 is 0 Å². The number of amides is 1. The number of nitrogens with zero attached hydrogens (tertiary/aromatic N) is 3. The van der Waals surface area contributed by atoms with Crippen molar-refractivity contribution < 1.29 is 9.53 Å². The predicted octanol–water partition coefficient (Wildman–Crippen LogP) is 1.91. The molecule has 0 spiro atoms. The lowest BCUT2D eigenvalue weighted by Gasteiger charge is -2.23. The lowest BCUT2D eigenvalue weighted by atomic mass is 10.1. The molecule has 26 heavy (non-hydrogen) atoms. The zero-order valence-corrected chi connectivity index (χ0v) is 16.0. The summed E-state index contributed by atoms with van der Waals surface area (Å²) in [6, 6.07) is 8.15. The van der Waals surface area contributed by atoms with Crippen molar-refractivity contribution >= 4 is 18.3 Å². The number of nitrogens with one attached hydrogen (secondary N) is 2. The summed E-state index contributed by atoms with van der Waals surface area (Å²) < 4.78 is 7.23. The summed E-state index contributed by atoms with van der Waals surface area (Å²) >= 11 is 0. The van der Waals surface area contributed by atoms with Gasteiger partial charge in [-0.25, -0.2) is 4.68 Å². The fraction of sp³-hybridized carbons (Fsp3) is 0.500. The van der Waals surface area contributed by atoms with Gasteiger partial charge in [-0.2, -0.15) is 0 Å². The first kappa shape index (κ1) is 20.2. The number of methoxy groups -OCH3 is 1. The molecule has 0 aliphatic carbocycles. The van der Waals surface area contributed by atoms with Gasteiger partial charge in [0.1, 0.15) is 5.75 Å². The van der Waals surface area contributed by atoms with E-state index in [1.165, 1.54) is 0 Å². The number of piperidine rings is 1. The second-order valence-electron chi connectivity index (χ2n) is 6.27. The van der Waals surface area contributed by atoms with Gasteiger partial charge in [0.05, 0.1) is 18.8 Å². The summed E-state index contributed by atoms with van der Waals surface area (Å²) in [5.41, 5.74) is 2.32. The van der Waals surface area contributed by atoms with Crippen LogP contribution in [0.1, 0.15) is 40.6 Å². The van der Waals surface area contributed by atoms with Crippen molar-refractivity contribution in [3.05, 3.63) is 41.2 Å². The molecule has 1 amide bonds. The van der Waals surface area contributed by atoms with Crippen LogP contribution in [0, 0.1) is 6.92 Å². The molecule has 2 heterocycles. The number of hydrogen-bond acceptors (Lipinski definition) is 5. The van der Waals surface area contributed by atoms with E-state index in [1.54, 1.807) is 7.11 Å². The second-order valence-corrected chi connectivity index (χ2v) is 6.27. The third-order valence-electron chi connectivity index (χ3n) is 4.67. The maximum absolute atomic E-state index is 12.4. The van der Waals surface area contributed by atoms with Crippen LogP contribution in [0.15, 0.2) is 24.3 Å². The fourth-order valence-corrected chi connectivity index (χ4v) is 3.25. The Morgan fingerprint density at radius 1 is 1.35 bits per heavy atom. The van der Waals surface area contributed by atoms with Crippen molar-refractivity contribution in [1.82, 2.24) is 25.6 Å². The highest BCUT2D eigenvalue weighted by Gasteiger charge is 2.22. The summed E-state index contributed by atoms with van der Waals surface area (Å²) in [4.78, 5) is 12.4. The lowest BCUT2D eigenvalue weighted by molar-refractivity contribution is 0.0948. The van der Waals surface area contributed by atoms with E-state index < -0.39 is 0 Å². The highest BCUT2D eigenvalue weighted by atomic mass is 35.5. The van der Waals surface area contributed by atoms with Crippen LogP contribution in [0.3, 0.4) is 0 Å². The zero-order valence-electron chi connectivity index (χ0n) is 15.2. The Labute approximate surface area is 159 Å². The maximum atomic E-state index is 12.4. The summed E-state index contributed by atoms with van der Waals surface area (Å²) in [7, 11) is 1.65. The maximum Gasteiger partial charge on any atom is 0.273 e. The molecule has 2 aromatic rings. The van der Waals surface area contributed by atoms with Crippen LogP contribution < -0.4 is 15.4 Å². The second kappa shape index (κ2) is 9.54. The van der Waals surface area contributed by atoms with Crippen molar-refractivity contribution in [2.75, 3.05) is 26.7 Å². The molecule has 1 saturated heterocycles. The number of para-hydroxylation sites is 1. The predicted molar refractivity (Wildman–Crippen MR) is 102 cm³/mol. The standard InChI is InChI=1S/C18H25N5O2.ClH/c1-13-17(21-22-23(13)15-8-10-19-11-9-15)18(24)20-12-7-14-5-3-4-6-16(14)25-2;/h3-6,15,19H,7-12H2,1-2H3,(H,20,24);1H. The molecule has 7 nitrogen and oxygen atoms in total. The van der Waals surface area contributed by atoms with E-state index in [4.69, 9.17) is 4.74 Å². The van der Waals surface area contributed by atoms with Crippen molar-refractivity contribution in [1.29, 1.82) is 0 Å². The Hall–Kier alpha value is -2.12. The molecule has 1 fully saturated rings. The van der Waals surface area contributed by atoms with E-state index >= 15 is 0 Å². The van der Waals surface area contributed by atoms with Gasteiger partial charge in [0.15, 0.2) is 5.69 Å².